The number of aryl methyl sites for hydroxylation is 3. The molecule has 2 aromatic carbocycles. The predicted octanol–water partition coefficient (Wildman–Crippen LogP) is 5.63. The molecule has 0 N–H and O–H groups in total. The summed E-state index contributed by atoms with van der Waals surface area (Å²) in [6.45, 7) is 6.86. The molecule has 0 atom stereocenters. The summed E-state index contributed by atoms with van der Waals surface area (Å²) in [7, 11) is 0. The molecule has 32 heavy (non-hydrogen) atoms. The third kappa shape index (κ3) is 3.76. The van der Waals surface area contributed by atoms with E-state index in [1.54, 1.807) is 16.3 Å². The third-order valence-electron chi connectivity index (χ3n) is 5.82. The van der Waals surface area contributed by atoms with Crippen LogP contribution in [0, 0.1) is 13.8 Å². The van der Waals surface area contributed by atoms with Gasteiger partial charge in [0, 0.05) is 5.75 Å². The zero-order valence-electron chi connectivity index (χ0n) is 18.3. The molecule has 0 aliphatic rings. The first-order chi connectivity index (χ1) is 15.5. The number of nitrogens with zero attached hydrogens (tertiary/aromatic N) is 4. The lowest BCUT2D eigenvalue weighted by Gasteiger charge is -2.10. The molecule has 3 aromatic heterocycles. The summed E-state index contributed by atoms with van der Waals surface area (Å²) in [6.07, 6.45) is 0.997. The molecule has 162 valence electrons. The molecule has 0 saturated heterocycles. The highest BCUT2D eigenvalue weighted by molar-refractivity contribution is 7.98. The van der Waals surface area contributed by atoms with Crippen molar-refractivity contribution in [1.82, 2.24) is 19.2 Å². The van der Waals surface area contributed by atoms with Crippen molar-refractivity contribution in [1.29, 1.82) is 0 Å². The lowest BCUT2D eigenvalue weighted by Crippen LogP contribution is -2.23. The molecule has 0 aliphatic heterocycles. The molecule has 7 heteroatoms. The second-order valence-corrected chi connectivity index (χ2v) is 9.89. The van der Waals surface area contributed by atoms with Crippen LogP contribution in [0.5, 0.6) is 0 Å². The minimum absolute atomic E-state index is 0.0134. The first-order valence-corrected chi connectivity index (χ1v) is 12.5. The summed E-state index contributed by atoms with van der Waals surface area (Å²) in [6, 6.07) is 16.9. The first-order valence-electron chi connectivity index (χ1n) is 10.7. The monoisotopic (exact) mass is 460 g/mol. The number of thioether (sulfide) groups is 1. The second-order valence-electron chi connectivity index (χ2n) is 8.03. The Kier molecular flexibility index (Phi) is 5.61. The van der Waals surface area contributed by atoms with Gasteiger partial charge in [-0.2, -0.15) is 0 Å². The quantitative estimate of drug-likeness (QED) is 0.308. The highest BCUT2D eigenvalue weighted by Gasteiger charge is 2.18. The Hall–Kier alpha value is -2.90. The normalized spacial score (nSPS) is 11.6. The zero-order chi connectivity index (χ0) is 22.2. The minimum Gasteiger partial charge on any atom is -0.271 e. The summed E-state index contributed by atoms with van der Waals surface area (Å²) in [5.74, 6) is 1.39. The average Bonchev–Trinajstić information content (AvgIpc) is 3.45. The highest BCUT2D eigenvalue weighted by Crippen LogP contribution is 2.28. The van der Waals surface area contributed by atoms with Crippen LogP contribution in [0.4, 0.5) is 0 Å². The molecule has 0 saturated carbocycles. The van der Waals surface area contributed by atoms with Gasteiger partial charge in [0.2, 0.25) is 5.78 Å². The van der Waals surface area contributed by atoms with E-state index in [4.69, 9.17) is 0 Å². The van der Waals surface area contributed by atoms with Crippen LogP contribution in [0.1, 0.15) is 34.7 Å². The van der Waals surface area contributed by atoms with Crippen LogP contribution in [0.3, 0.4) is 0 Å². The standard InChI is InChI=1S/C25H24N4OS2/c1-4-18-7-9-19(10-8-18)14-28-23(30)22-21(11-12-31-22)29-24(28)26-27-25(29)32-15-20-13-16(2)5-6-17(20)3/h5-13H,4,14-15H2,1-3H3. The SMILES string of the molecule is CCc1ccc(Cn2c(=O)c3sccc3n3c(SCc4cc(C)ccc4C)nnc23)cc1. The lowest BCUT2D eigenvalue weighted by atomic mass is 10.1. The van der Waals surface area contributed by atoms with E-state index in [1.165, 1.54) is 33.6 Å². The van der Waals surface area contributed by atoms with E-state index < -0.39 is 0 Å². The van der Waals surface area contributed by atoms with Gasteiger partial charge in [0.25, 0.3) is 5.56 Å². The minimum atomic E-state index is -0.0134. The van der Waals surface area contributed by atoms with Crippen molar-refractivity contribution in [2.75, 3.05) is 0 Å². The Balaban J connectivity index is 1.57. The van der Waals surface area contributed by atoms with Gasteiger partial charge in [0.05, 0.1) is 12.1 Å². The Labute approximate surface area is 194 Å². The van der Waals surface area contributed by atoms with Gasteiger partial charge >= 0.3 is 0 Å². The van der Waals surface area contributed by atoms with Crippen LogP contribution >= 0.6 is 23.1 Å². The molecule has 5 nitrogen and oxygen atoms in total. The Morgan fingerprint density at radius 2 is 1.78 bits per heavy atom. The van der Waals surface area contributed by atoms with Gasteiger partial charge in [0.15, 0.2) is 5.16 Å². The molecule has 5 aromatic rings. The van der Waals surface area contributed by atoms with Crippen LogP contribution in [0.15, 0.2) is 63.9 Å². The molecule has 5 rings (SSSR count). The predicted molar refractivity (Wildman–Crippen MR) is 133 cm³/mol. The maximum Gasteiger partial charge on any atom is 0.273 e. The molecule has 0 spiro atoms. The van der Waals surface area contributed by atoms with E-state index in [9.17, 15) is 4.79 Å². The fourth-order valence-electron chi connectivity index (χ4n) is 3.90. The van der Waals surface area contributed by atoms with E-state index >= 15 is 0 Å². The van der Waals surface area contributed by atoms with Crippen molar-refractivity contribution in [2.45, 2.75) is 44.6 Å². The van der Waals surface area contributed by atoms with E-state index in [0.717, 1.165) is 33.1 Å². The van der Waals surface area contributed by atoms with Gasteiger partial charge in [-0.15, -0.1) is 21.5 Å². The van der Waals surface area contributed by atoms with Gasteiger partial charge in [0.1, 0.15) is 4.70 Å². The maximum atomic E-state index is 13.3. The van der Waals surface area contributed by atoms with Gasteiger partial charge in [-0.05, 0) is 54.0 Å². The molecular weight excluding hydrogens is 436 g/mol. The van der Waals surface area contributed by atoms with Crippen LogP contribution in [0.2, 0.25) is 0 Å². The topological polar surface area (TPSA) is 52.2 Å². The molecule has 0 bridgehead atoms. The van der Waals surface area contributed by atoms with Crippen molar-refractivity contribution in [2.24, 2.45) is 0 Å². The van der Waals surface area contributed by atoms with Crippen molar-refractivity contribution in [3.8, 4) is 0 Å². The summed E-state index contributed by atoms with van der Waals surface area (Å²) in [5.41, 5.74) is 7.03. The molecule has 0 fully saturated rings. The fraction of sp³-hybridized carbons (Fsp3) is 0.240. The number of benzene rings is 2. The third-order valence-corrected chi connectivity index (χ3v) is 7.69. The van der Waals surface area contributed by atoms with Gasteiger partial charge < -0.3 is 0 Å². The Bertz CT molecular complexity index is 1480. The molecule has 0 aliphatic carbocycles. The van der Waals surface area contributed by atoms with Crippen molar-refractivity contribution in [3.05, 3.63) is 92.1 Å². The summed E-state index contributed by atoms with van der Waals surface area (Å²) >= 11 is 3.13. The van der Waals surface area contributed by atoms with Gasteiger partial charge in [-0.3, -0.25) is 13.8 Å². The van der Waals surface area contributed by atoms with E-state index in [2.05, 4.69) is 73.4 Å². The van der Waals surface area contributed by atoms with Crippen molar-refractivity contribution >= 4 is 39.1 Å². The van der Waals surface area contributed by atoms with Gasteiger partial charge in [-0.1, -0.05) is 66.7 Å². The van der Waals surface area contributed by atoms with Gasteiger partial charge in [-0.25, -0.2) is 0 Å². The largest absolute Gasteiger partial charge is 0.273 e. The molecule has 0 unspecified atom stereocenters. The highest BCUT2D eigenvalue weighted by atomic mass is 32.2. The van der Waals surface area contributed by atoms with E-state index in [-0.39, 0.29) is 5.56 Å². The molecule has 0 radical (unpaired) electrons. The molecular formula is C25H24N4OS2. The number of hydrogen-bond acceptors (Lipinski definition) is 5. The average molecular weight is 461 g/mol. The summed E-state index contributed by atoms with van der Waals surface area (Å²) in [4.78, 5) is 13.3. The van der Waals surface area contributed by atoms with Crippen LogP contribution in [0.25, 0.3) is 16.0 Å². The summed E-state index contributed by atoms with van der Waals surface area (Å²) in [5, 5.41) is 11.7. The number of hydrogen-bond donors (Lipinski definition) is 0. The smallest absolute Gasteiger partial charge is 0.271 e. The molecule has 0 amide bonds. The number of rotatable bonds is 6. The molecule has 3 heterocycles. The van der Waals surface area contributed by atoms with Crippen molar-refractivity contribution in [3.63, 3.8) is 0 Å². The number of aromatic nitrogens is 4. The van der Waals surface area contributed by atoms with Crippen LogP contribution in [-0.4, -0.2) is 19.2 Å². The maximum absolute atomic E-state index is 13.3. The summed E-state index contributed by atoms with van der Waals surface area (Å²) < 4.78 is 4.51. The van der Waals surface area contributed by atoms with Crippen LogP contribution < -0.4 is 5.56 Å². The van der Waals surface area contributed by atoms with Crippen LogP contribution in [-0.2, 0) is 18.7 Å². The second kappa shape index (κ2) is 8.56. The number of thiophene rings is 1. The van der Waals surface area contributed by atoms with Crippen molar-refractivity contribution < 1.29 is 0 Å². The fourth-order valence-corrected chi connectivity index (χ4v) is 5.72. The Morgan fingerprint density at radius 1 is 1.00 bits per heavy atom. The van der Waals surface area contributed by atoms with E-state index in [0.29, 0.717) is 12.3 Å². The first kappa shape index (κ1) is 21.0. The lowest BCUT2D eigenvalue weighted by molar-refractivity contribution is 0.765. The van der Waals surface area contributed by atoms with E-state index in [1.807, 2.05) is 15.8 Å². The zero-order valence-corrected chi connectivity index (χ0v) is 20.0. The number of fused-ring (bicyclic) bond motifs is 3. The Morgan fingerprint density at radius 3 is 2.56 bits per heavy atom.